The Kier molecular flexibility index (Phi) is 4.43. The molecule has 0 saturated heterocycles. The third kappa shape index (κ3) is 4.12. The molecule has 1 saturated carbocycles. The van der Waals surface area contributed by atoms with Crippen molar-refractivity contribution in [3.05, 3.63) is 29.8 Å². The molecule has 106 valence electrons. The van der Waals surface area contributed by atoms with Crippen LogP contribution < -0.4 is 5.73 Å². The lowest BCUT2D eigenvalue weighted by molar-refractivity contribution is -0.0328. The number of nitrogens with two attached hydrogens (primary N) is 1. The molecule has 0 amide bonds. The highest BCUT2D eigenvalue weighted by Gasteiger charge is 2.32. The Hall–Kier alpha value is -0.720. The highest BCUT2D eigenvalue weighted by molar-refractivity contribution is 8.00. The summed E-state index contributed by atoms with van der Waals surface area (Å²) in [4.78, 5) is 2.42. The van der Waals surface area contributed by atoms with E-state index in [0.29, 0.717) is 12.6 Å². The molecular weight excluding hydrogens is 273 g/mol. The van der Waals surface area contributed by atoms with Crippen LogP contribution in [-0.4, -0.2) is 30.0 Å². The van der Waals surface area contributed by atoms with Crippen LogP contribution in [-0.2, 0) is 0 Å². The van der Waals surface area contributed by atoms with Crippen molar-refractivity contribution in [1.82, 2.24) is 4.90 Å². The molecule has 1 fully saturated rings. The van der Waals surface area contributed by atoms with Crippen molar-refractivity contribution in [3.63, 3.8) is 0 Å². The maximum atomic E-state index is 12.2. The molecule has 1 atom stereocenters. The number of alkyl halides is 3. The minimum atomic E-state index is -4.24. The van der Waals surface area contributed by atoms with Crippen LogP contribution in [0.1, 0.15) is 24.4 Å². The SMILES string of the molecule is CN(C1CC1)C(CN)c1ccc(SC(F)(F)F)cc1. The van der Waals surface area contributed by atoms with Crippen LogP contribution in [0.25, 0.3) is 0 Å². The Bertz CT molecular complexity index is 415. The molecule has 0 aromatic heterocycles. The molecule has 2 nitrogen and oxygen atoms in total. The van der Waals surface area contributed by atoms with E-state index in [4.69, 9.17) is 5.73 Å². The summed E-state index contributed by atoms with van der Waals surface area (Å²) in [6, 6.07) is 7.15. The van der Waals surface area contributed by atoms with Crippen LogP contribution in [0.4, 0.5) is 13.2 Å². The first-order valence-electron chi connectivity index (χ1n) is 6.18. The van der Waals surface area contributed by atoms with Crippen molar-refractivity contribution in [2.24, 2.45) is 5.73 Å². The lowest BCUT2D eigenvalue weighted by Gasteiger charge is -2.27. The van der Waals surface area contributed by atoms with Crippen LogP contribution in [0.15, 0.2) is 29.2 Å². The standard InChI is InChI=1S/C13H17F3N2S/c1-18(10-4-5-10)12(8-17)9-2-6-11(7-3-9)19-13(14,15)16/h2-3,6-7,10,12H,4-5,8,17H2,1H3. The van der Waals surface area contributed by atoms with Crippen molar-refractivity contribution in [2.75, 3.05) is 13.6 Å². The molecule has 1 unspecified atom stereocenters. The number of thioether (sulfide) groups is 1. The van der Waals surface area contributed by atoms with Gasteiger partial charge in [0.05, 0.1) is 0 Å². The second-order valence-corrected chi connectivity index (χ2v) is 5.90. The van der Waals surface area contributed by atoms with Crippen LogP contribution >= 0.6 is 11.8 Å². The lowest BCUT2D eigenvalue weighted by Crippen LogP contribution is -2.32. The Morgan fingerprint density at radius 2 is 1.89 bits per heavy atom. The fraction of sp³-hybridized carbons (Fsp3) is 0.538. The third-order valence-electron chi connectivity index (χ3n) is 3.34. The molecule has 6 heteroatoms. The van der Waals surface area contributed by atoms with Crippen molar-refractivity contribution >= 4 is 11.8 Å². The monoisotopic (exact) mass is 290 g/mol. The summed E-state index contributed by atoms with van der Waals surface area (Å²) in [5.74, 6) is 0. The topological polar surface area (TPSA) is 29.3 Å². The fourth-order valence-corrected chi connectivity index (χ4v) is 2.70. The van der Waals surface area contributed by atoms with Crippen LogP contribution in [0, 0.1) is 0 Å². The normalized spacial score (nSPS) is 17.8. The average Bonchev–Trinajstić information content (AvgIpc) is 3.14. The Labute approximate surface area is 115 Å². The molecule has 19 heavy (non-hydrogen) atoms. The quantitative estimate of drug-likeness (QED) is 0.843. The summed E-state index contributed by atoms with van der Waals surface area (Å²) in [6.45, 7) is 0.471. The smallest absolute Gasteiger partial charge is 0.329 e. The number of nitrogens with zero attached hydrogens (tertiary/aromatic N) is 1. The van der Waals surface area contributed by atoms with Gasteiger partial charge in [-0.25, -0.2) is 0 Å². The summed E-state index contributed by atoms with van der Waals surface area (Å²) in [6.07, 6.45) is 2.35. The van der Waals surface area contributed by atoms with Gasteiger partial charge in [0.1, 0.15) is 0 Å². The number of benzene rings is 1. The van der Waals surface area contributed by atoms with Gasteiger partial charge in [0.15, 0.2) is 0 Å². The largest absolute Gasteiger partial charge is 0.446 e. The molecule has 0 spiro atoms. The van der Waals surface area contributed by atoms with Gasteiger partial charge in [-0.2, -0.15) is 13.2 Å². The van der Waals surface area contributed by atoms with Crippen molar-refractivity contribution < 1.29 is 13.2 Å². The van der Waals surface area contributed by atoms with Gasteiger partial charge in [-0.3, -0.25) is 4.90 Å². The molecule has 0 radical (unpaired) electrons. The van der Waals surface area contributed by atoms with Crippen LogP contribution in [0.2, 0.25) is 0 Å². The summed E-state index contributed by atoms with van der Waals surface area (Å²) in [5.41, 5.74) is 2.52. The van der Waals surface area contributed by atoms with Gasteiger partial charge in [-0.05, 0) is 49.3 Å². The first-order chi connectivity index (χ1) is 8.90. The molecule has 2 N–H and O–H groups in total. The second kappa shape index (κ2) is 5.73. The third-order valence-corrected chi connectivity index (χ3v) is 4.08. The summed E-state index contributed by atoms with van der Waals surface area (Å²) in [7, 11) is 2.02. The molecule has 0 bridgehead atoms. The highest BCUT2D eigenvalue weighted by Crippen LogP contribution is 2.38. The van der Waals surface area contributed by atoms with E-state index in [1.807, 2.05) is 7.05 Å². The molecular formula is C13H17F3N2S. The zero-order valence-electron chi connectivity index (χ0n) is 10.7. The van der Waals surface area contributed by atoms with E-state index in [-0.39, 0.29) is 22.7 Å². The average molecular weight is 290 g/mol. The van der Waals surface area contributed by atoms with E-state index in [1.165, 1.54) is 25.0 Å². The zero-order chi connectivity index (χ0) is 14.0. The van der Waals surface area contributed by atoms with E-state index in [1.54, 1.807) is 12.1 Å². The molecule has 0 heterocycles. The van der Waals surface area contributed by atoms with Gasteiger partial charge in [0, 0.05) is 23.5 Å². The zero-order valence-corrected chi connectivity index (χ0v) is 11.5. The predicted molar refractivity (Wildman–Crippen MR) is 70.9 cm³/mol. The van der Waals surface area contributed by atoms with Gasteiger partial charge in [-0.1, -0.05) is 12.1 Å². The fourth-order valence-electron chi connectivity index (χ4n) is 2.17. The molecule has 1 aliphatic rings. The van der Waals surface area contributed by atoms with E-state index in [9.17, 15) is 13.2 Å². The van der Waals surface area contributed by atoms with E-state index in [2.05, 4.69) is 4.90 Å². The van der Waals surface area contributed by atoms with E-state index < -0.39 is 5.51 Å². The number of rotatable bonds is 5. The summed E-state index contributed by atoms with van der Waals surface area (Å²) >= 11 is -0.0891. The number of hydrogen-bond acceptors (Lipinski definition) is 3. The van der Waals surface area contributed by atoms with E-state index in [0.717, 1.165) is 5.56 Å². The van der Waals surface area contributed by atoms with Gasteiger partial charge in [0.25, 0.3) is 0 Å². The number of halogens is 3. The van der Waals surface area contributed by atoms with Gasteiger partial charge >= 0.3 is 5.51 Å². The van der Waals surface area contributed by atoms with E-state index >= 15 is 0 Å². The minimum Gasteiger partial charge on any atom is -0.329 e. The number of likely N-dealkylation sites (N-methyl/N-ethyl adjacent to an activating group) is 1. The van der Waals surface area contributed by atoms with Crippen molar-refractivity contribution in [2.45, 2.75) is 35.3 Å². The number of hydrogen-bond donors (Lipinski definition) is 1. The van der Waals surface area contributed by atoms with Gasteiger partial charge < -0.3 is 5.73 Å². The van der Waals surface area contributed by atoms with Crippen molar-refractivity contribution in [3.8, 4) is 0 Å². The lowest BCUT2D eigenvalue weighted by atomic mass is 10.1. The first-order valence-corrected chi connectivity index (χ1v) is 7.00. The highest BCUT2D eigenvalue weighted by atomic mass is 32.2. The van der Waals surface area contributed by atoms with Crippen LogP contribution in [0.3, 0.4) is 0 Å². The summed E-state index contributed by atoms with van der Waals surface area (Å²) in [5, 5.41) is 0. The Balaban J connectivity index is 2.07. The van der Waals surface area contributed by atoms with Gasteiger partial charge in [-0.15, -0.1) is 0 Å². The first kappa shape index (κ1) is 14.7. The molecule has 1 aliphatic carbocycles. The Morgan fingerprint density at radius 3 is 2.32 bits per heavy atom. The maximum Gasteiger partial charge on any atom is 0.446 e. The molecule has 2 rings (SSSR count). The van der Waals surface area contributed by atoms with Gasteiger partial charge in [0.2, 0.25) is 0 Å². The molecule has 1 aromatic carbocycles. The summed E-state index contributed by atoms with van der Waals surface area (Å²) < 4.78 is 36.7. The second-order valence-electron chi connectivity index (χ2n) is 4.76. The minimum absolute atomic E-state index is 0.0810. The maximum absolute atomic E-state index is 12.2. The predicted octanol–water partition coefficient (Wildman–Crippen LogP) is 3.39. The Morgan fingerprint density at radius 1 is 1.32 bits per heavy atom. The molecule has 0 aliphatic heterocycles. The molecule has 1 aromatic rings. The van der Waals surface area contributed by atoms with Crippen molar-refractivity contribution in [1.29, 1.82) is 0 Å². The van der Waals surface area contributed by atoms with Crippen LogP contribution in [0.5, 0.6) is 0 Å².